The van der Waals surface area contributed by atoms with Gasteiger partial charge in [0.15, 0.2) is 0 Å². The first-order valence-electron chi connectivity index (χ1n) is 12.1. The van der Waals surface area contributed by atoms with Crippen molar-refractivity contribution in [2.24, 2.45) is 0 Å². The molecule has 2 fully saturated rings. The van der Waals surface area contributed by atoms with Gasteiger partial charge in [0, 0.05) is 17.6 Å². The van der Waals surface area contributed by atoms with Gasteiger partial charge in [0.05, 0.1) is 10.6 Å². The number of hydrogen-bond donors (Lipinski definition) is 2. The van der Waals surface area contributed by atoms with Crippen molar-refractivity contribution < 1.29 is 13.2 Å². The van der Waals surface area contributed by atoms with Gasteiger partial charge in [0.2, 0.25) is 0 Å². The van der Waals surface area contributed by atoms with Crippen LogP contribution in [0.2, 0.25) is 0 Å². The molecule has 1 amide bonds. The lowest BCUT2D eigenvalue weighted by Gasteiger charge is -2.48. The van der Waals surface area contributed by atoms with Gasteiger partial charge in [-0.05, 0) is 81.6 Å². The van der Waals surface area contributed by atoms with Gasteiger partial charge in [-0.2, -0.15) is 0 Å². The topological polar surface area (TPSA) is 78.5 Å². The molecule has 2 aromatic rings. The van der Waals surface area contributed by atoms with E-state index in [1.807, 2.05) is 19.1 Å². The monoisotopic (exact) mass is 469 g/mol. The van der Waals surface area contributed by atoms with Gasteiger partial charge >= 0.3 is 0 Å². The molecule has 0 unspecified atom stereocenters. The van der Waals surface area contributed by atoms with Crippen LogP contribution >= 0.6 is 0 Å². The molecule has 33 heavy (non-hydrogen) atoms. The summed E-state index contributed by atoms with van der Waals surface area (Å²) in [4.78, 5) is 15.7. The second-order valence-electron chi connectivity index (χ2n) is 9.46. The zero-order chi connectivity index (χ0) is 23.3. The lowest BCUT2D eigenvalue weighted by atomic mass is 9.79. The van der Waals surface area contributed by atoms with Crippen molar-refractivity contribution in [3.8, 4) is 0 Å². The first-order valence-corrected chi connectivity index (χ1v) is 13.6. The highest BCUT2D eigenvalue weighted by Crippen LogP contribution is 2.35. The first-order chi connectivity index (χ1) is 15.9. The van der Waals surface area contributed by atoms with Crippen molar-refractivity contribution in [3.05, 3.63) is 59.7 Å². The van der Waals surface area contributed by atoms with E-state index < -0.39 is 10.0 Å². The van der Waals surface area contributed by atoms with E-state index in [0.717, 1.165) is 31.5 Å². The molecule has 0 spiro atoms. The van der Waals surface area contributed by atoms with Gasteiger partial charge in [-0.1, -0.05) is 43.9 Å². The number of carbonyl (C=O) groups excluding carboxylic acids is 1. The maximum Gasteiger partial charge on any atom is 0.261 e. The maximum atomic E-state index is 12.9. The highest BCUT2D eigenvalue weighted by molar-refractivity contribution is 7.92. The molecule has 0 aromatic heterocycles. The van der Waals surface area contributed by atoms with Crippen LogP contribution in [-0.4, -0.2) is 44.4 Å². The number of nitrogens with zero attached hydrogens (tertiary/aromatic N) is 1. The van der Waals surface area contributed by atoms with E-state index in [2.05, 4.69) is 14.9 Å². The second-order valence-corrected chi connectivity index (χ2v) is 11.1. The van der Waals surface area contributed by atoms with E-state index in [-0.39, 0.29) is 16.3 Å². The van der Waals surface area contributed by atoms with E-state index >= 15 is 0 Å². The Kier molecular flexibility index (Phi) is 7.39. The summed E-state index contributed by atoms with van der Waals surface area (Å²) in [5.41, 5.74) is 1.95. The molecule has 0 radical (unpaired) electrons. The van der Waals surface area contributed by atoms with Crippen LogP contribution in [0, 0.1) is 6.92 Å². The zero-order valence-electron chi connectivity index (χ0n) is 19.5. The van der Waals surface area contributed by atoms with Gasteiger partial charge in [-0.25, -0.2) is 8.42 Å². The predicted molar refractivity (Wildman–Crippen MR) is 132 cm³/mol. The third-order valence-electron chi connectivity index (χ3n) is 7.21. The van der Waals surface area contributed by atoms with E-state index in [1.165, 1.54) is 50.7 Å². The molecule has 0 bridgehead atoms. The van der Waals surface area contributed by atoms with E-state index in [4.69, 9.17) is 0 Å². The Bertz CT molecular complexity index is 1050. The summed E-state index contributed by atoms with van der Waals surface area (Å²) in [6.07, 6.45) is 9.75. The van der Waals surface area contributed by atoms with Crippen LogP contribution < -0.4 is 10.0 Å². The number of hydrogen-bond acceptors (Lipinski definition) is 4. The quantitative estimate of drug-likeness (QED) is 0.615. The minimum Gasteiger partial charge on any atom is -0.350 e. The number of rotatable bonds is 7. The predicted octanol–water partition coefficient (Wildman–Crippen LogP) is 4.71. The zero-order valence-corrected chi connectivity index (χ0v) is 20.3. The lowest BCUT2D eigenvalue weighted by molar-refractivity contribution is 0.0326. The molecule has 4 rings (SSSR count). The van der Waals surface area contributed by atoms with Gasteiger partial charge in [-0.15, -0.1) is 0 Å². The highest BCUT2D eigenvalue weighted by atomic mass is 32.2. The average Bonchev–Trinajstić information content (AvgIpc) is 2.85. The van der Waals surface area contributed by atoms with Crippen LogP contribution in [0.5, 0.6) is 0 Å². The van der Waals surface area contributed by atoms with Crippen LogP contribution in [0.15, 0.2) is 53.4 Å². The van der Waals surface area contributed by atoms with Gasteiger partial charge in [0.1, 0.15) is 0 Å². The maximum absolute atomic E-state index is 12.9. The fourth-order valence-corrected chi connectivity index (χ4v) is 6.34. The Morgan fingerprint density at radius 3 is 2.21 bits per heavy atom. The SMILES string of the molecule is Cc1ccccc1NS(=O)(=O)c1ccc(C(=O)NCC2(N3CCCCC3)CCCCC2)cc1. The fourth-order valence-electron chi connectivity index (χ4n) is 5.21. The Balaban J connectivity index is 1.42. The van der Waals surface area contributed by atoms with Crippen LogP contribution in [0.1, 0.15) is 67.3 Å². The van der Waals surface area contributed by atoms with Gasteiger partial charge in [-0.3, -0.25) is 14.4 Å². The summed E-state index contributed by atoms with van der Waals surface area (Å²) in [5, 5.41) is 3.17. The molecule has 0 atom stereocenters. The first kappa shape index (κ1) is 23.8. The number of aryl methyl sites for hydroxylation is 1. The Hall–Kier alpha value is -2.38. The summed E-state index contributed by atoms with van der Waals surface area (Å²) in [6, 6.07) is 13.4. The van der Waals surface area contributed by atoms with Crippen molar-refractivity contribution in [1.82, 2.24) is 10.2 Å². The molecule has 2 aromatic carbocycles. The van der Waals surface area contributed by atoms with Crippen molar-refractivity contribution >= 4 is 21.6 Å². The largest absolute Gasteiger partial charge is 0.350 e. The summed E-state index contributed by atoms with van der Waals surface area (Å²) in [5.74, 6) is -0.146. The third kappa shape index (κ3) is 5.58. The van der Waals surface area contributed by atoms with Crippen LogP contribution in [0.3, 0.4) is 0 Å². The number of benzene rings is 2. The summed E-state index contributed by atoms with van der Waals surface area (Å²) in [7, 11) is -3.72. The molecule has 6 nitrogen and oxygen atoms in total. The molecule has 1 saturated carbocycles. The fraction of sp³-hybridized carbons (Fsp3) is 0.500. The molecule has 178 valence electrons. The Morgan fingerprint density at radius 2 is 1.55 bits per heavy atom. The summed E-state index contributed by atoms with van der Waals surface area (Å²) >= 11 is 0. The number of carbonyl (C=O) groups is 1. The molecular formula is C26H35N3O3S. The molecular weight excluding hydrogens is 434 g/mol. The normalized spacial score (nSPS) is 19.1. The number of likely N-dealkylation sites (tertiary alicyclic amines) is 1. The van der Waals surface area contributed by atoms with Crippen molar-refractivity contribution in [1.29, 1.82) is 0 Å². The van der Waals surface area contributed by atoms with Crippen molar-refractivity contribution in [2.45, 2.75) is 68.7 Å². The molecule has 2 aliphatic rings. The Labute approximate surface area is 197 Å². The molecule has 2 N–H and O–H groups in total. The number of piperidine rings is 1. The van der Waals surface area contributed by atoms with E-state index in [1.54, 1.807) is 24.3 Å². The summed E-state index contributed by atoms with van der Waals surface area (Å²) in [6.45, 7) is 4.75. The molecule has 1 aliphatic carbocycles. The number of para-hydroxylation sites is 1. The molecule has 1 aliphatic heterocycles. The highest BCUT2D eigenvalue weighted by Gasteiger charge is 2.38. The van der Waals surface area contributed by atoms with Crippen molar-refractivity contribution in [2.75, 3.05) is 24.4 Å². The van der Waals surface area contributed by atoms with E-state index in [9.17, 15) is 13.2 Å². The molecule has 1 heterocycles. The van der Waals surface area contributed by atoms with E-state index in [0.29, 0.717) is 17.8 Å². The minimum absolute atomic E-state index is 0.0646. The second kappa shape index (κ2) is 10.3. The minimum atomic E-state index is -3.72. The van der Waals surface area contributed by atoms with Gasteiger partial charge in [0.25, 0.3) is 15.9 Å². The molecule has 7 heteroatoms. The number of amides is 1. The third-order valence-corrected chi connectivity index (χ3v) is 8.59. The van der Waals surface area contributed by atoms with Gasteiger partial charge < -0.3 is 5.32 Å². The number of sulfonamides is 1. The summed E-state index contributed by atoms with van der Waals surface area (Å²) < 4.78 is 28.2. The van der Waals surface area contributed by atoms with Crippen LogP contribution in [0.4, 0.5) is 5.69 Å². The lowest BCUT2D eigenvalue weighted by Crippen LogP contribution is -2.58. The van der Waals surface area contributed by atoms with Crippen LogP contribution in [0.25, 0.3) is 0 Å². The number of nitrogens with one attached hydrogen (secondary N) is 2. The standard InChI is InChI=1S/C26H35N3O3S/c1-21-10-4-5-11-24(21)28-33(31,32)23-14-12-22(13-15-23)25(30)27-20-26(16-6-2-7-17-26)29-18-8-3-9-19-29/h4-5,10-15,28H,2-3,6-9,16-20H2,1H3,(H,27,30). The van der Waals surface area contributed by atoms with Crippen molar-refractivity contribution in [3.63, 3.8) is 0 Å². The number of anilines is 1. The van der Waals surface area contributed by atoms with Crippen LogP contribution in [-0.2, 0) is 10.0 Å². The molecule has 1 saturated heterocycles. The Morgan fingerprint density at radius 1 is 0.909 bits per heavy atom. The average molecular weight is 470 g/mol. The smallest absolute Gasteiger partial charge is 0.261 e.